The highest BCUT2D eigenvalue weighted by atomic mass is 32.2. The van der Waals surface area contributed by atoms with Gasteiger partial charge in [-0.1, -0.05) is 24.3 Å². The highest BCUT2D eigenvalue weighted by Crippen LogP contribution is 2.09. The second-order valence-electron chi connectivity index (χ2n) is 6.37. The fourth-order valence-electron chi connectivity index (χ4n) is 1.84. The largest absolute Gasteiger partial charge is 0.443 e. The Hall–Kier alpha value is -1.89. The fourth-order valence-corrected chi connectivity index (χ4v) is 2.74. The number of Topliss-reactive ketones (excluding diaryl/α,β-unsaturated/α-hetero) is 1. The fraction of sp³-hybridized carbons (Fsp3) is 0.500. The van der Waals surface area contributed by atoms with Crippen molar-refractivity contribution in [2.24, 2.45) is 0 Å². The molecule has 0 radical (unpaired) electrons. The molecule has 1 amide bonds. The Morgan fingerprint density at radius 3 is 2.09 bits per heavy atom. The lowest BCUT2D eigenvalue weighted by molar-refractivity contribution is -0.116. The molecule has 23 heavy (non-hydrogen) atoms. The predicted molar refractivity (Wildman–Crippen MR) is 87.7 cm³/mol. The van der Waals surface area contributed by atoms with Crippen LogP contribution in [0.15, 0.2) is 24.3 Å². The van der Waals surface area contributed by atoms with E-state index >= 15 is 0 Å². The molecule has 1 rings (SSSR count). The third-order valence-corrected chi connectivity index (χ3v) is 3.99. The third kappa shape index (κ3) is 8.35. The van der Waals surface area contributed by atoms with Gasteiger partial charge < -0.3 is 4.74 Å². The lowest BCUT2D eigenvalue weighted by Crippen LogP contribution is -2.37. The number of nitrogens with one attached hydrogen (secondary N) is 1. The summed E-state index contributed by atoms with van der Waals surface area (Å²) in [4.78, 5) is 22.5. The number of ether oxygens (including phenoxy) is 1. The van der Waals surface area contributed by atoms with Gasteiger partial charge in [-0.2, -0.15) is 0 Å². The molecule has 1 aromatic rings. The van der Waals surface area contributed by atoms with E-state index in [9.17, 15) is 18.0 Å². The highest BCUT2D eigenvalue weighted by Gasteiger charge is 2.21. The van der Waals surface area contributed by atoms with Crippen molar-refractivity contribution in [3.8, 4) is 0 Å². The van der Waals surface area contributed by atoms with Crippen LogP contribution in [-0.4, -0.2) is 31.6 Å². The molecule has 0 aromatic heterocycles. The molecule has 0 aliphatic heterocycles. The van der Waals surface area contributed by atoms with Crippen LogP contribution in [0.5, 0.6) is 0 Å². The number of carbonyl (C=O) groups excluding carboxylic acids is 2. The van der Waals surface area contributed by atoms with Gasteiger partial charge in [-0.15, -0.1) is 0 Å². The Kier molecular flexibility index (Phi) is 6.32. The minimum Gasteiger partial charge on any atom is -0.443 e. The van der Waals surface area contributed by atoms with E-state index in [1.54, 1.807) is 45.0 Å². The molecule has 0 atom stereocenters. The van der Waals surface area contributed by atoms with Crippen molar-refractivity contribution in [3.63, 3.8) is 0 Å². The summed E-state index contributed by atoms with van der Waals surface area (Å²) in [5, 5.41) is 0. The lowest BCUT2D eigenvalue weighted by atomic mass is 10.1. The van der Waals surface area contributed by atoms with E-state index in [2.05, 4.69) is 0 Å². The Bertz CT molecular complexity index is 657. The summed E-state index contributed by atoms with van der Waals surface area (Å²) >= 11 is 0. The second-order valence-corrected chi connectivity index (χ2v) is 8.21. The maximum absolute atomic E-state index is 11.9. The van der Waals surface area contributed by atoms with E-state index in [0.717, 1.165) is 11.1 Å². The van der Waals surface area contributed by atoms with E-state index in [-0.39, 0.29) is 18.0 Å². The van der Waals surface area contributed by atoms with Crippen LogP contribution in [-0.2, 0) is 32.4 Å². The average molecular weight is 341 g/mol. The number of carbonyl (C=O) groups is 2. The topological polar surface area (TPSA) is 89.5 Å². The van der Waals surface area contributed by atoms with Gasteiger partial charge in [0, 0.05) is 6.42 Å². The minimum atomic E-state index is -3.76. The molecule has 0 aliphatic rings. The van der Waals surface area contributed by atoms with Gasteiger partial charge in [0.1, 0.15) is 11.4 Å². The lowest BCUT2D eigenvalue weighted by Gasteiger charge is -2.19. The molecule has 0 fully saturated rings. The number of rotatable bonds is 6. The van der Waals surface area contributed by atoms with Crippen molar-refractivity contribution in [2.75, 3.05) is 5.75 Å². The summed E-state index contributed by atoms with van der Waals surface area (Å²) in [7, 11) is -3.76. The molecule has 0 aliphatic carbocycles. The van der Waals surface area contributed by atoms with Gasteiger partial charge in [-0.25, -0.2) is 17.9 Å². The monoisotopic (exact) mass is 341 g/mol. The molecule has 0 saturated heterocycles. The summed E-state index contributed by atoms with van der Waals surface area (Å²) in [6.45, 7) is 6.48. The van der Waals surface area contributed by atoms with Crippen molar-refractivity contribution < 1.29 is 22.7 Å². The third-order valence-electron chi connectivity index (χ3n) is 2.77. The van der Waals surface area contributed by atoms with Crippen molar-refractivity contribution in [1.82, 2.24) is 4.72 Å². The Balaban J connectivity index is 2.56. The molecular weight excluding hydrogens is 318 g/mol. The zero-order valence-electron chi connectivity index (χ0n) is 13.9. The summed E-state index contributed by atoms with van der Waals surface area (Å²) in [5.41, 5.74) is 0.939. The smallest absolute Gasteiger partial charge is 0.421 e. The molecule has 0 unspecified atom stereocenters. The van der Waals surface area contributed by atoms with Crippen LogP contribution in [0.3, 0.4) is 0 Å². The first-order valence-electron chi connectivity index (χ1n) is 7.27. The molecule has 128 valence electrons. The molecule has 0 saturated carbocycles. The number of hydrogen-bond acceptors (Lipinski definition) is 5. The standard InChI is InChI=1S/C16H23NO5S/c1-12(18)11-14-7-5-13(6-8-14)9-10-23(20,21)17-15(19)22-16(2,3)4/h5-8H,9-11H2,1-4H3,(H,17,19). The van der Waals surface area contributed by atoms with E-state index in [4.69, 9.17) is 4.74 Å². The minimum absolute atomic E-state index is 0.0712. The van der Waals surface area contributed by atoms with Crippen molar-refractivity contribution in [2.45, 2.75) is 46.1 Å². The summed E-state index contributed by atoms with van der Waals surface area (Å²) in [5.74, 6) is -0.153. The number of hydrogen-bond donors (Lipinski definition) is 1. The molecule has 1 N–H and O–H groups in total. The van der Waals surface area contributed by atoms with Gasteiger partial charge >= 0.3 is 6.09 Å². The highest BCUT2D eigenvalue weighted by molar-refractivity contribution is 7.90. The average Bonchev–Trinajstić information content (AvgIpc) is 2.34. The summed E-state index contributed by atoms with van der Waals surface area (Å²) in [6, 6.07) is 7.15. The number of aryl methyl sites for hydroxylation is 1. The number of amides is 1. The maximum Gasteiger partial charge on any atom is 0.421 e. The van der Waals surface area contributed by atoms with Crippen LogP contribution in [0.25, 0.3) is 0 Å². The first kappa shape index (κ1) is 19.2. The van der Waals surface area contributed by atoms with Crippen LogP contribution in [0.2, 0.25) is 0 Å². The summed E-state index contributed by atoms with van der Waals surface area (Å²) < 4.78 is 30.5. The van der Waals surface area contributed by atoms with Crippen molar-refractivity contribution >= 4 is 21.9 Å². The molecular formula is C16H23NO5S. The maximum atomic E-state index is 11.9. The predicted octanol–water partition coefficient (Wildman–Crippen LogP) is 2.22. The number of sulfonamides is 1. The second kappa shape index (κ2) is 7.59. The number of benzene rings is 1. The Morgan fingerprint density at radius 2 is 1.61 bits per heavy atom. The Morgan fingerprint density at radius 1 is 1.09 bits per heavy atom. The van der Waals surface area contributed by atoms with Gasteiger partial charge in [0.2, 0.25) is 10.0 Å². The van der Waals surface area contributed by atoms with Crippen molar-refractivity contribution in [3.05, 3.63) is 35.4 Å². The Labute approximate surface area is 137 Å². The molecule has 0 bridgehead atoms. The molecule has 1 aromatic carbocycles. The first-order chi connectivity index (χ1) is 10.5. The van der Waals surface area contributed by atoms with Crippen molar-refractivity contribution in [1.29, 1.82) is 0 Å². The first-order valence-corrected chi connectivity index (χ1v) is 8.93. The molecule has 7 heteroatoms. The van der Waals surface area contributed by atoms with E-state index < -0.39 is 21.7 Å². The van der Waals surface area contributed by atoms with Gasteiger partial charge in [0.05, 0.1) is 5.75 Å². The van der Waals surface area contributed by atoms with Crippen LogP contribution >= 0.6 is 0 Å². The van der Waals surface area contributed by atoms with Gasteiger partial charge in [-0.3, -0.25) is 4.79 Å². The van der Waals surface area contributed by atoms with Crippen LogP contribution < -0.4 is 4.72 Å². The zero-order chi connectivity index (χ0) is 17.7. The quantitative estimate of drug-likeness (QED) is 0.857. The van der Waals surface area contributed by atoms with Crippen LogP contribution in [0, 0.1) is 0 Å². The van der Waals surface area contributed by atoms with Gasteiger partial charge in [0.15, 0.2) is 0 Å². The van der Waals surface area contributed by atoms with E-state index in [0.29, 0.717) is 6.42 Å². The normalized spacial score (nSPS) is 11.8. The SMILES string of the molecule is CC(=O)Cc1ccc(CCS(=O)(=O)NC(=O)OC(C)(C)C)cc1. The molecule has 0 heterocycles. The molecule has 6 nitrogen and oxygen atoms in total. The molecule has 0 spiro atoms. The van der Waals surface area contributed by atoms with Crippen LogP contribution in [0.4, 0.5) is 4.79 Å². The zero-order valence-corrected chi connectivity index (χ0v) is 14.7. The van der Waals surface area contributed by atoms with Gasteiger partial charge in [0.25, 0.3) is 0 Å². The summed E-state index contributed by atoms with van der Waals surface area (Å²) in [6.07, 6.45) is -0.355. The van der Waals surface area contributed by atoms with Gasteiger partial charge in [-0.05, 0) is 45.2 Å². The van der Waals surface area contributed by atoms with Crippen LogP contribution in [0.1, 0.15) is 38.8 Å². The van der Waals surface area contributed by atoms with E-state index in [1.165, 1.54) is 6.92 Å². The number of ketones is 1. The van der Waals surface area contributed by atoms with E-state index in [1.807, 2.05) is 4.72 Å².